The maximum Gasteiger partial charge on any atom is 0.329 e. The van der Waals surface area contributed by atoms with Crippen LogP contribution in [0.15, 0.2) is 0 Å². The highest BCUT2D eigenvalue weighted by Gasteiger charge is 2.24. The average molecular weight is 283 g/mol. The lowest BCUT2D eigenvalue weighted by Gasteiger charge is -2.32. The van der Waals surface area contributed by atoms with Crippen LogP contribution in [-0.2, 0) is 14.3 Å². The van der Waals surface area contributed by atoms with Gasteiger partial charge in [-0.15, -0.1) is 0 Å². The lowest BCUT2D eigenvalue weighted by atomic mass is 10.0. The number of aliphatic carboxylic acids is 1. The molecule has 114 valence electrons. The molecule has 1 heterocycles. The molecule has 1 amide bonds. The molecule has 2 fully saturated rings. The Balaban J connectivity index is 1.62. The predicted molar refractivity (Wildman–Crippen MR) is 74.4 cm³/mol. The number of carbonyl (C=O) groups is 2. The second-order valence-electron chi connectivity index (χ2n) is 5.97. The Bertz CT molecular complexity index is 331. The zero-order valence-electron chi connectivity index (χ0n) is 12.1. The normalized spacial score (nSPS) is 21.3. The van der Waals surface area contributed by atoms with Crippen molar-refractivity contribution in [3.63, 3.8) is 0 Å². The zero-order valence-corrected chi connectivity index (χ0v) is 12.1. The zero-order chi connectivity index (χ0) is 14.4. The summed E-state index contributed by atoms with van der Waals surface area (Å²) in [6, 6.07) is 0. The Morgan fingerprint density at radius 1 is 1.10 bits per heavy atom. The second-order valence-corrected chi connectivity index (χ2v) is 5.97. The van der Waals surface area contributed by atoms with Gasteiger partial charge in [-0.2, -0.15) is 0 Å². The van der Waals surface area contributed by atoms with Crippen molar-refractivity contribution < 1.29 is 19.4 Å². The third kappa shape index (κ3) is 4.78. The number of nitrogens with zero attached hydrogens (tertiary/aromatic N) is 1. The van der Waals surface area contributed by atoms with Crippen LogP contribution in [0, 0.1) is 5.92 Å². The number of likely N-dealkylation sites (tertiary alicyclic amines) is 1. The number of carboxylic acid groups (broad SMARTS) is 1. The van der Waals surface area contributed by atoms with Gasteiger partial charge in [0.2, 0.25) is 5.91 Å². The summed E-state index contributed by atoms with van der Waals surface area (Å²) in [5.41, 5.74) is 0. The van der Waals surface area contributed by atoms with E-state index >= 15 is 0 Å². The van der Waals surface area contributed by atoms with Gasteiger partial charge in [0, 0.05) is 19.5 Å². The topological polar surface area (TPSA) is 66.8 Å². The number of hydrogen-bond acceptors (Lipinski definition) is 3. The van der Waals surface area contributed by atoms with Crippen molar-refractivity contribution in [3.8, 4) is 0 Å². The Morgan fingerprint density at radius 3 is 2.35 bits per heavy atom. The van der Waals surface area contributed by atoms with Gasteiger partial charge in [-0.3, -0.25) is 4.79 Å². The monoisotopic (exact) mass is 283 g/mol. The molecule has 0 atom stereocenters. The fraction of sp³-hybridized carbons (Fsp3) is 0.867. The van der Waals surface area contributed by atoms with Gasteiger partial charge in [0.15, 0.2) is 0 Å². The minimum absolute atomic E-state index is 0.00928. The van der Waals surface area contributed by atoms with Crippen molar-refractivity contribution >= 4 is 11.9 Å². The molecule has 0 aromatic carbocycles. The highest BCUT2D eigenvalue weighted by atomic mass is 16.5. The van der Waals surface area contributed by atoms with Crippen molar-refractivity contribution in [2.45, 2.75) is 57.5 Å². The van der Waals surface area contributed by atoms with E-state index < -0.39 is 5.97 Å². The standard InChI is InChI=1S/C15H25NO4/c17-14(6-5-12-3-1-2-4-12)16-9-7-13(8-10-16)20-11-15(18)19/h12-13H,1-11H2,(H,18,19). The predicted octanol–water partition coefficient (Wildman–Crippen LogP) is 2.05. The lowest BCUT2D eigenvalue weighted by Crippen LogP contribution is -2.41. The third-order valence-electron chi connectivity index (χ3n) is 4.48. The largest absolute Gasteiger partial charge is 0.480 e. The number of rotatable bonds is 6. The summed E-state index contributed by atoms with van der Waals surface area (Å²) in [5, 5.41) is 8.57. The van der Waals surface area contributed by atoms with Crippen LogP contribution < -0.4 is 0 Å². The molecule has 0 unspecified atom stereocenters. The first-order valence-electron chi connectivity index (χ1n) is 7.76. The Labute approximate surface area is 120 Å². The molecule has 1 aliphatic carbocycles. The molecule has 1 aliphatic heterocycles. The van der Waals surface area contributed by atoms with Crippen LogP contribution in [-0.4, -0.2) is 47.7 Å². The van der Waals surface area contributed by atoms with E-state index in [1.54, 1.807) is 0 Å². The molecular weight excluding hydrogens is 258 g/mol. The molecule has 1 saturated heterocycles. The van der Waals surface area contributed by atoms with Crippen LogP contribution in [0.3, 0.4) is 0 Å². The first-order chi connectivity index (χ1) is 9.65. The molecule has 0 aromatic rings. The Hall–Kier alpha value is -1.10. The molecule has 0 aromatic heterocycles. The van der Waals surface area contributed by atoms with E-state index in [0.717, 1.165) is 25.2 Å². The highest BCUT2D eigenvalue weighted by molar-refractivity contribution is 5.76. The maximum atomic E-state index is 12.1. The van der Waals surface area contributed by atoms with Crippen LogP contribution in [0.25, 0.3) is 0 Å². The average Bonchev–Trinajstić information content (AvgIpc) is 2.96. The fourth-order valence-corrected chi connectivity index (χ4v) is 3.25. The summed E-state index contributed by atoms with van der Waals surface area (Å²) in [7, 11) is 0. The number of hydrogen-bond donors (Lipinski definition) is 1. The molecule has 0 bridgehead atoms. The summed E-state index contributed by atoms with van der Waals surface area (Å²) in [5.74, 6) is 0.0871. The van der Waals surface area contributed by atoms with Crippen LogP contribution in [0.2, 0.25) is 0 Å². The first kappa shape index (κ1) is 15.3. The summed E-state index contributed by atoms with van der Waals surface area (Å²) in [4.78, 5) is 24.5. The van der Waals surface area contributed by atoms with E-state index in [1.165, 1.54) is 25.7 Å². The number of amides is 1. The molecule has 20 heavy (non-hydrogen) atoms. The Kier molecular flexibility index (Phi) is 5.83. The summed E-state index contributed by atoms with van der Waals surface area (Å²) < 4.78 is 5.28. The van der Waals surface area contributed by atoms with E-state index in [-0.39, 0.29) is 18.6 Å². The molecule has 2 rings (SSSR count). The summed E-state index contributed by atoms with van der Waals surface area (Å²) in [6.45, 7) is 1.17. The van der Waals surface area contributed by atoms with Gasteiger partial charge < -0.3 is 14.7 Å². The number of piperidine rings is 1. The molecule has 1 N–H and O–H groups in total. The van der Waals surface area contributed by atoms with E-state index in [9.17, 15) is 9.59 Å². The molecule has 0 radical (unpaired) electrons. The van der Waals surface area contributed by atoms with Gasteiger partial charge in [-0.25, -0.2) is 4.79 Å². The molecule has 5 heteroatoms. The maximum absolute atomic E-state index is 12.1. The van der Waals surface area contributed by atoms with Crippen molar-refractivity contribution in [2.24, 2.45) is 5.92 Å². The van der Waals surface area contributed by atoms with E-state index in [2.05, 4.69) is 0 Å². The van der Waals surface area contributed by atoms with Crippen molar-refractivity contribution in [2.75, 3.05) is 19.7 Å². The fourth-order valence-electron chi connectivity index (χ4n) is 3.25. The van der Waals surface area contributed by atoms with Gasteiger partial charge in [-0.05, 0) is 25.2 Å². The lowest BCUT2D eigenvalue weighted by molar-refractivity contribution is -0.146. The molecule has 5 nitrogen and oxygen atoms in total. The number of ether oxygens (including phenoxy) is 1. The van der Waals surface area contributed by atoms with Crippen molar-refractivity contribution in [1.29, 1.82) is 0 Å². The number of carboxylic acids is 1. The first-order valence-corrected chi connectivity index (χ1v) is 7.76. The van der Waals surface area contributed by atoms with Crippen LogP contribution in [0.4, 0.5) is 0 Å². The highest BCUT2D eigenvalue weighted by Crippen LogP contribution is 2.29. The van der Waals surface area contributed by atoms with Crippen LogP contribution in [0.5, 0.6) is 0 Å². The number of carbonyl (C=O) groups excluding carboxylic acids is 1. The van der Waals surface area contributed by atoms with Crippen LogP contribution in [0.1, 0.15) is 51.4 Å². The van der Waals surface area contributed by atoms with E-state index in [4.69, 9.17) is 9.84 Å². The SMILES string of the molecule is O=C(O)COC1CCN(C(=O)CCC2CCCC2)CC1. The van der Waals surface area contributed by atoms with Crippen LogP contribution >= 0.6 is 0 Å². The quantitative estimate of drug-likeness (QED) is 0.810. The third-order valence-corrected chi connectivity index (χ3v) is 4.48. The minimum atomic E-state index is -0.930. The van der Waals surface area contributed by atoms with E-state index in [0.29, 0.717) is 19.5 Å². The summed E-state index contributed by atoms with van der Waals surface area (Å²) >= 11 is 0. The van der Waals surface area contributed by atoms with E-state index in [1.807, 2.05) is 4.90 Å². The van der Waals surface area contributed by atoms with Gasteiger partial charge in [0.05, 0.1) is 6.10 Å². The molecular formula is C15H25NO4. The molecule has 0 spiro atoms. The second kappa shape index (κ2) is 7.62. The molecule has 1 saturated carbocycles. The minimum Gasteiger partial charge on any atom is -0.480 e. The molecule has 2 aliphatic rings. The summed E-state index contributed by atoms with van der Waals surface area (Å²) in [6.07, 6.45) is 8.43. The Morgan fingerprint density at radius 2 is 1.75 bits per heavy atom. The van der Waals surface area contributed by atoms with Gasteiger partial charge in [0.1, 0.15) is 6.61 Å². The smallest absolute Gasteiger partial charge is 0.329 e. The van der Waals surface area contributed by atoms with Gasteiger partial charge in [0.25, 0.3) is 0 Å². The van der Waals surface area contributed by atoms with Gasteiger partial charge >= 0.3 is 5.97 Å². The van der Waals surface area contributed by atoms with Crippen molar-refractivity contribution in [1.82, 2.24) is 4.90 Å². The van der Waals surface area contributed by atoms with Crippen molar-refractivity contribution in [3.05, 3.63) is 0 Å². The van der Waals surface area contributed by atoms with Gasteiger partial charge in [-0.1, -0.05) is 25.7 Å².